The topological polar surface area (TPSA) is 70.6 Å². The van der Waals surface area contributed by atoms with Crippen LogP contribution in [0.1, 0.15) is 40.5 Å². The molecule has 1 aromatic carbocycles. The Balaban J connectivity index is 1.61. The molecule has 1 N–H and O–H groups in total. The van der Waals surface area contributed by atoms with Crippen LogP contribution < -0.4 is 10.2 Å². The summed E-state index contributed by atoms with van der Waals surface area (Å²) in [4.78, 5) is 24.5. The maximum absolute atomic E-state index is 14.0. The molecule has 180 valence electrons. The van der Waals surface area contributed by atoms with Crippen molar-refractivity contribution in [1.82, 2.24) is 14.9 Å². The Morgan fingerprint density at radius 1 is 1.12 bits per heavy atom. The molecule has 1 aliphatic rings. The van der Waals surface area contributed by atoms with Crippen LogP contribution in [0.3, 0.4) is 0 Å². The molecule has 3 rings (SSSR count). The van der Waals surface area contributed by atoms with Gasteiger partial charge in [-0.05, 0) is 46.5 Å². The van der Waals surface area contributed by atoms with E-state index in [1.807, 2.05) is 27.7 Å². The van der Waals surface area contributed by atoms with Gasteiger partial charge < -0.3 is 19.9 Å². The number of nitrogens with zero attached hydrogens (tertiary/aromatic N) is 4. The zero-order valence-corrected chi connectivity index (χ0v) is 19.4. The molecule has 0 bridgehead atoms. The zero-order valence-electron chi connectivity index (χ0n) is 19.4. The summed E-state index contributed by atoms with van der Waals surface area (Å²) in [6.07, 6.45) is 2.73. The van der Waals surface area contributed by atoms with E-state index < -0.39 is 23.1 Å². The number of carbonyl (C=O) groups excluding carboxylic acids is 1. The van der Waals surface area contributed by atoms with Gasteiger partial charge in [0, 0.05) is 44.4 Å². The number of ether oxygens (including phenoxy) is 1. The zero-order chi connectivity index (χ0) is 24.2. The SMILES string of the molecule is CCN(CC1CCN(C(=O)OC(C)(C)C)CC1)c1cc(Nc2cc(F)c(F)cc2F)ncn1. The first-order valence-electron chi connectivity index (χ1n) is 11.0. The van der Waals surface area contributed by atoms with Crippen molar-refractivity contribution in [3.8, 4) is 0 Å². The Hall–Kier alpha value is -3.04. The monoisotopic (exact) mass is 465 g/mol. The van der Waals surface area contributed by atoms with Crippen LogP contribution in [0.2, 0.25) is 0 Å². The molecule has 2 aromatic rings. The van der Waals surface area contributed by atoms with Gasteiger partial charge in [0.1, 0.15) is 29.4 Å². The molecular formula is C23H30F3N5O2. The summed E-state index contributed by atoms with van der Waals surface area (Å²) in [6.45, 7) is 10.2. The second-order valence-corrected chi connectivity index (χ2v) is 9.08. The van der Waals surface area contributed by atoms with Crippen LogP contribution in [0.4, 0.5) is 35.3 Å². The molecule has 0 saturated carbocycles. The van der Waals surface area contributed by atoms with Crippen molar-refractivity contribution in [2.45, 2.75) is 46.1 Å². The lowest BCUT2D eigenvalue weighted by atomic mass is 9.96. The molecule has 1 aliphatic heterocycles. The summed E-state index contributed by atoms with van der Waals surface area (Å²) in [6, 6.07) is 2.88. The minimum absolute atomic E-state index is 0.212. The molecule has 0 aliphatic carbocycles. The number of likely N-dealkylation sites (tertiary alicyclic amines) is 1. The van der Waals surface area contributed by atoms with Gasteiger partial charge in [0.2, 0.25) is 0 Å². The number of piperidine rings is 1. The largest absolute Gasteiger partial charge is 0.444 e. The number of aromatic nitrogens is 2. The lowest BCUT2D eigenvalue weighted by molar-refractivity contribution is 0.0186. The number of carbonyl (C=O) groups is 1. The average Bonchev–Trinajstić information content (AvgIpc) is 2.75. The van der Waals surface area contributed by atoms with E-state index in [0.29, 0.717) is 37.4 Å². The standard InChI is InChI=1S/C23H30F3N5O2/c1-5-30(13-15-6-8-31(9-7-15)22(32)33-23(2,3)4)21-12-20(27-14-28-21)29-19-11-17(25)16(24)10-18(19)26/h10-12,14-15H,5-9,13H2,1-4H3,(H,27,28,29). The van der Waals surface area contributed by atoms with Crippen molar-refractivity contribution >= 4 is 23.4 Å². The molecule has 0 unspecified atom stereocenters. The summed E-state index contributed by atoms with van der Waals surface area (Å²) in [5, 5.41) is 2.68. The maximum atomic E-state index is 14.0. The average molecular weight is 466 g/mol. The molecule has 1 saturated heterocycles. The van der Waals surface area contributed by atoms with Gasteiger partial charge in [0.05, 0.1) is 5.69 Å². The Morgan fingerprint density at radius 3 is 2.42 bits per heavy atom. The van der Waals surface area contributed by atoms with Crippen molar-refractivity contribution < 1.29 is 22.7 Å². The second-order valence-electron chi connectivity index (χ2n) is 9.08. The van der Waals surface area contributed by atoms with Crippen LogP contribution in [-0.2, 0) is 4.74 Å². The molecule has 2 heterocycles. The first kappa shape index (κ1) is 24.6. The Labute approximate surface area is 192 Å². The van der Waals surface area contributed by atoms with Gasteiger partial charge in [0.15, 0.2) is 11.6 Å². The van der Waals surface area contributed by atoms with Crippen LogP contribution >= 0.6 is 0 Å². The maximum Gasteiger partial charge on any atom is 0.410 e. The summed E-state index contributed by atoms with van der Waals surface area (Å²) in [5.74, 6) is -2.06. The Kier molecular flexibility index (Phi) is 7.65. The van der Waals surface area contributed by atoms with Crippen molar-refractivity contribution in [2.24, 2.45) is 5.92 Å². The highest BCUT2D eigenvalue weighted by Gasteiger charge is 2.28. The highest BCUT2D eigenvalue weighted by Crippen LogP contribution is 2.26. The van der Waals surface area contributed by atoms with Gasteiger partial charge in [-0.15, -0.1) is 0 Å². The number of rotatable bonds is 6. The van der Waals surface area contributed by atoms with Gasteiger partial charge in [-0.3, -0.25) is 0 Å². The lowest BCUT2D eigenvalue weighted by Crippen LogP contribution is -2.43. The summed E-state index contributed by atoms with van der Waals surface area (Å²) in [5.41, 5.74) is -0.731. The number of nitrogens with one attached hydrogen (secondary N) is 1. The number of hydrogen-bond donors (Lipinski definition) is 1. The Morgan fingerprint density at radius 2 is 1.79 bits per heavy atom. The lowest BCUT2D eigenvalue weighted by Gasteiger charge is -2.35. The fourth-order valence-electron chi connectivity index (χ4n) is 3.67. The highest BCUT2D eigenvalue weighted by molar-refractivity contribution is 5.68. The van der Waals surface area contributed by atoms with Crippen LogP contribution in [0, 0.1) is 23.4 Å². The third-order valence-electron chi connectivity index (χ3n) is 5.38. The normalized spacial score (nSPS) is 14.8. The van der Waals surface area contributed by atoms with Gasteiger partial charge >= 0.3 is 6.09 Å². The third-order valence-corrected chi connectivity index (χ3v) is 5.38. The van der Waals surface area contributed by atoms with Crippen molar-refractivity contribution in [2.75, 3.05) is 36.4 Å². The molecule has 10 heteroatoms. The molecule has 1 aromatic heterocycles. The summed E-state index contributed by atoms with van der Waals surface area (Å²) < 4.78 is 46.1. The fourth-order valence-corrected chi connectivity index (χ4v) is 3.67. The van der Waals surface area contributed by atoms with E-state index in [-0.39, 0.29) is 17.6 Å². The third kappa shape index (κ3) is 6.72. The quantitative estimate of drug-likeness (QED) is 0.598. The predicted molar refractivity (Wildman–Crippen MR) is 120 cm³/mol. The number of halogens is 3. The van der Waals surface area contributed by atoms with Crippen LogP contribution in [0.25, 0.3) is 0 Å². The molecule has 0 radical (unpaired) electrons. The van der Waals surface area contributed by atoms with E-state index in [9.17, 15) is 18.0 Å². The van der Waals surface area contributed by atoms with E-state index in [0.717, 1.165) is 25.5 Å². The van der Waals surface area contributed by atoms with Gasteiger partial charge in [0.25, 0.3) is 0 Å². The molecule has 1 amide bonds. The minimum atomic E-state index is -1.25. The second kappa shape index (κ2) is 10.3. The molecule has 7 nitrogen and oxygen atoms in total. The molecule has 33 heavy (non-hydrogen) atoms. The van der Waals surface area contributed by atoms with Crippen LogP contribution in [0.15, 0.2) is 24.5 Å². The fraction of sp³-hybridized carbons (Fsp3) is 0.522. The molecule has 0 atom stereocenters. The van der Waals surface area contributed by atoms with Gasteiger partial charge in [-0.25, -0.2) is 27.9 Å². The highest BCUT2D eigenvalue weighted by atomic mass is 19.2. The number of hydrogen-bond acceptors (Lipinski definition) is 6. The van der Waals surface area contributed by atoms with Gasteiger partial charge in [-0.1, -0.05) is 0 Å². The van der Waals surface area contributed by atoms with Gasteiger partial charge in [-0.2, -0.15) is 0 Å². The summed E-state index contributed by atoms with van der Waals surface area (Å²) in [7, 11) is 0. The van der Waals surface area contributed by atoms with Crippen molar-refractivity contribution in [3.05, 3.63) is 42.0 Å². The van der Waals surface area contributed by atoms with E-state index in [4.69, 9.17) is 4.74 Å². The molecule has 0 spiro atoms. The number of anilines is 3. The Bertz CT molecular complexity index is 975. The molecular weight excluding hydrogens is 435 g/mol. The smallest absolute Gasteiger partial charge is 0.410 e. The van der Waals surface area contributed by atoms with E-state index in [1.165, 1.54) is 6.33 Å². The van der Waals surface area contributed by atoms with Crippen molar-refractivity contribution in [1.29, 1.82) is 0 Å². The number of amides is 1. The first-order chi connectivity index (χ1) is 15.6. The van der Waals surface area contributed by atoms with Crippen molar-refractivity contribution in [3.63, 3.8) is 0 Å². The number of benzene rings is 1. The predicted octanol–water partition coefficient (Wildman–Crippen LogP) is 5.11. The van der Waals surface area contributed by atoms with E-state index >= 15 is 0 Å². The first-order valence-corrected chi connectivity index (χ1v) is 11.0. The van der Waals surface area contributed by atoms with E-state index in [1.54, 1.807) is 11.0 Å². The van der Waals surface area contributed by atoms with E-state index in [2.05, 4.69) is 20.2 Å². The minimum Gasteiger partial charge on any atom is -0.444 e. The van der Waals surface area contributed by atoms with Crippen LogP contribution in [0.5, 0.6) is 0 Å². The molecule has 1 fully saturated rings. The summed E-state index contributed by atoms with van der Waals surface area (Å²) >= 11 is 0. The van der Waals surface area contributed by atoms with Crippen LogP contribution in [-0.4, -0.2) is 52.7 Å².